The third-order valence-corrected chi connectivity index (χ3v) is 4.13. The van der Waals surface area contributed by atoms with Crippen LogP contribution in [-0.4, -0.2) is 13.0 Å². The van der Waals surface area contributed by atoms with E-state index in [9.17, 15) is 4.79 Å². The smallest absolute Gasteiger partial charge is 0.256 e. The predicted molar refractivity (Wildman–Crippen MR) is 84.8 cm³/mol. The molecule has 20 heavy (non-hydrogen) atoms. The van der Waals surface area contributed by atoms with Gasteiger partial charge in [0.05, 0.1) is 18.4 Å². The van der Waals surface area contributed by atoms with Gasteiger partial charge in [-0.1, -0.05) is 23.7 Å². The Labute approximate surface area is 131 Å². The lowest BCUT2D eigenvalue weighted by Gasteiger charge is -2.12. The van der Waals surface area contributed by atoms with Gasteiger partial charge in [-0.2, -0.15) is 0 Å². The number of benzene rings is 2. The number of methoxy groups -OCH3 is 1. The van der Waals surface area contributed by atoms with Crippen molar-refractivity contribution in [2.45, 2.75) is 6.92 Å². The summed E-state index contributed by atoms with van der Waals surface area (Å²) in [6.45, 7) is 1.93. The number of aryl methyl sites for hydroxylation is 1. The zero-order chi connectivity index (χ0) is 14.7. The van der Waals surface area contributed by atoms with Gasteiger partial charge < -0.3 is 10.1 Å². The normalized spacial score (nSPS) is 10.2. The summed E-state index contributed by atoms with van der Waals surface area (Å²) in [5.41, 5.74) is 2.10. The topological polar surface area (TPSA) is 38.3 Å². The van der Waals surface area contributed by atoms with E-state index >= 15 is 0 Å². The molecule has 104 valence electrons. The second kappa shape index (κ2) is 6.29. The Morgan fingerprint density at radius 2 is 2.05 bits per heavy atom. The molecule has 2 aromatic rings. The van der Waals surface area contributed by atoms with Crippen LogP contribution in [0, 0.1) is 6.92 Å². The van der Waals surface area contributed by atoms with Gasteiger partial charge in [-0.05, 0) is 52.7 Å². The van der Waals surface area contributed by atoms with E-state index in [1.807, 2.05) is 19.1 Å². The van der Waals surface area contributed by atoms with Crippen LogP contribution in [-0.2, 0) is 0 Å². The highest BCUT2D eigenvalue weighted by molar-refractivity contribution is 9.10. The summed E-state index contributed by atoms with van der Waals surface area (Å²) in [7, 11) is 1.54. The fourth-order valence-corrected chi connectivity index (χ4v) is 2.41. The van der Waals surface area contributed by atoms with Crippen LogP contribution < -0.4 is 10.1 Å². The number of carbonyl (C=O) groups excluding carboxylic acids is 1. The number of nitrogens with one attached hydrogen (secondary N) is 1. The number of amides is 1. The van der Waals surface area contributed by atoms with Crippen molar-refractivity contribution in [3.8, 4) is 5.75 Å². The summed E-state index contributed by atoms with van der Waals surface area (Å²) in [5, 5.41) is 3.34. The van der Waals surface area contributed by atoms with E-state index in [2.05, 4.69) is 21.2 Å². The molecule has 0 aliphatic heterocycles. The third-order valence-electron chi connectivity index (χ3n) is 2.85. The van der Waals surface area contributed by atoms with Gasteiger partial charge in [0.15, 0.2) is 0 Å². The molecule has 0 spiro atoms. The van der Waals surface area contributed by atoms with E-state index in [4.69, 9.17) is 16.3 Å². The zero-order valence-corrected chi connectivity index (χ0v) is 13.4. The Balaban J connectivity index is 2.32. The summed E-state index contributed by atoms with van der Waals surface area (Å²) in [4.78, 5) is 12.3. The zero-order valence-electron chi connectivity index (χ0n) is 11.0. The second-order valence-electron chi connectivity index (χ2n) is 4.24. The van der Waals surface area contributed by atoms with Crippen molar-refractivity contribution in [3.63, 3.8) is 0 Å². The molecule has 5 heteroatoms. The lowest BCUT2D eigenvalue weighted by Crippen LogP contribution is -2.13. The molecule has 1 N–H and O–H groups in total. The van der Waals surface area contributed by atoms with Crippen LogP contribution >= 0.6 is 27.5 Å². The number of carbonyl (C=O) groups is 1. The Hall–Kier alpha value is -1.52. The van der Waals surface area contributed by atoms with Crippen LogP contribution in [0.25, 0.3) is 0 Å². The molecule has 2 aromatic carbocycles. The average Bonchev–Trinajstić information content (AvgIpc) is 2.42. The van der Waals surface area contributed by atoms with E-state index in [1.54, 1.807) is 31.4 Å². The molecule has 0 atom stereocenters. The summed E-state index contributed by atoms with van der Waals surface area (Å²) in [6, 6.07) is 10.6. The minimum Gasteiger partial charge on any atom is -0.495 e. The Morgan fingerprint density at radius 1 is 1.30 bits per heavy atom. The van der Waals surface area contributed by atoms with Gasteiger partial charge in [0.25, 0.3) is 5.91 Å². The molecule has 0 aromatic heterocycles. The number of hydrogen-bond donors (Lipinski definition) is 1. The van der Waals surface area contributed by atoms with E-state index in [0.717, 1.165) is 10.0 Å². The third kappa shape index (κ3) is 3.14. The van der Waals surface area contributed by atoms with Crippen molar-refractivity contribution in [1.29, 1.82) is 0 Å². The second-order valence-corrected chi connectivity index (χ2v) is 5.46. The molecular weight excluding hydrogens is 342 g/mol. The van der Waals surface area contributed by atoms with Crippen molar-refractivity contribution < 1.29 is 9.53 Å². The number of hydrogen-bond acceptors (Lipinski definition) is 2. The highest BCUT2D eigenvalue weighted by Crippen LogP contribution is 2.29. The van der Waals surface area contributed by atoms with Crippen LogP contribution in [0.5, 0.6) is 5.75 Å². The first-order valence-electron chi connectivity index (χ1n) is 5.93. The average molecular weight is 355 g/mol. The van der Waals surface area contributed by atoms with Crippen LogP contribution in [0.2, 0.25) is 5.02 Å². The highest BCUT2D eigenvalue weighted by atomic mass is 79.9. The first-order chi connectivity index (χ1) is 9.52. The fourth-order valence-electron chi connectivity index (χ4n) is 1.79. The largest absolute Gasteiger partial charge is 0.495 e. The maximum absolute atomic E-state index is 12.3. The van der Waals surface area contributed by atoms with Crippen molar-refractivity contribution in [1.82, 2.24) is 0 Å². The molecule has 0 aliphatic carbocycles. The number of ether oxygens (including phenoxy) is 1. The molecular formula is C15H13BrClNO2. The molecule has 0 heterocycles. The number of rotatable bonds is 3. The molecule has 1 amide bonds. The lowest BCUT2D eigenvalue weighted by molar-refractivity contribution is 0.102. The van der Waals surface area contributed by atoms with Crippen LogP contribution in [0.4, 0.5) is 5.69 Å². The monoisotopic (exact) mass is 353 g/mol. The predicted octanol–water partition coefficient (Wildman–Crippen LogP) is 4.67. The van der Waals surface area contributed by atoms with E-state index in [0.29, 0.717) is 22.0 Å². The van der Waals surface area contributed by atoms with Gasteiger partial charge in [0, 0.05) is 9.50 Å². The van der Waals surface area contributed by atoms with Gasteiger partial charge in [0.2, 0.25) is 0 Å². The van der Waals surface area contributed by atoms with Crippen molar-refractivity contribution in [2.75, 3.05) is 12.4 Å². The molecule has 0 radical (unpaired) electrons. The summed E-state index contributed by atoms with van der Waals surface area (Å²) < 4.78 is 5.98. The molecule has 3 nitrogen and oxygen atoms in total. The van der Waals surface area contributed by atoms with E-state index < -0.39 is 0 Å². The molecule has 2 rings (SSSR count). The fraction of sp³-hybridized carbons (Fsp3) is 0.133. The Bertz CT molecular complexity index is 658. The summed E-state index contributed by atoms with van der Waals surface area (Å²) in [5.74, 6) is 0.340. The Kier molecular flexibility index (Phi) is 4.68. The minimum atomic E-state index is -0.221. The van der Waals surface area contributed by atoms with Gasteiger partial charge >= 0.3 is 0 Å². The van der Waals surface area contributed by atoms with Gasteiger partial charge in [0.1, 0.15) is 5.75 Å². The number of halogens is 2. The van der Waals surface area contributed by atoms with Gasteiger partial charge in [-0.3, -0.25) is 4.79 Å². The summed E-state index contributed by atoms with van der Waals surface area (Å²) >= 11 is 9.37. The van der Waals surface area contributed by atoms with Crippen LogP contribution in [0.3, 0.4) is 0 Å². The molecule has 0 bridgehead atoms. The van der Waals surface area contributed by atoms with Crippen LogP contribution in [0.15, 0.2) is 40.9 Å². The standard InChI is InChI=1S/C15H13BrClNO2/c1-9-4-3-5-11(14(9)16)15(19)18-12-8-10(17)6-7-13(12)20-2/h3-8H,1-2H3,(H,18,19). The SMILES string of the molecule is COc1ccc(Cl)cc1NC(=O)c1cccc(C)c1Br. The Morgan fingerprint density at radius 3 is 2.75 bits per heavy atom. The first kappa shape index (κ1) is 14.9. The molecule has 0 saturated heterocycles. The lowest BCUT2D eigenvalue weighted by atomic mass is 10.1. The van der Waals surface area contributed by atoms with Crippen molar-refractivity contribution in [2.24, 2.45) is 0 Å². The maximum Gasteiger partial charge on any atom is 0.256 e. The molecule has 0 saturated carbocycles. The quantitative estimate of drug-likeness (QED) is 0.869. The van der Waals surface area contributed by atoms with E-state index in [-0.39, 0.29) is 5.91 Å². The summed E-state index contributed by atoms with van der Waals surface area (Å²) in [6.07, 6.45) is 0. The van der Waals surface area contributed by atoms with E-state index in [1.165, 1.54) is 0 Å². The van der Waals surface area contributed by atoms with Crippen molar-refractivity contribution >= 4 is 39.1 Å². The van der Waals surface area contributed by atoms with Crippen LogP contribution in [0.1, 0.15) is 15.9 Å². The van der Waals surface area contributed by atoms with Gasteiger partial charge in [-0.25, -0.2) is 0 Å². The molecule has 0 fully saturated rings. The molecule has 0 aliphatic rings. The minimum absolute atomic E-state index is 0.221. The first-order valence-corrected chi connectivity index (χ1v) is 7.10. The number of anilines is 1. The highest BCUT2D eigenvalue weighted by Gasteiger charge is 2.14. The van der Waals surface area contributed by atoms with Gasteiger partial charge in [-0.15, -0.1) is 0 Å². The van der Waals surface area contributed by atoms with Crippen molar-refractivity contribution in [3.05, 3.63) is 57.0 Å². The molecule has 0 unspecified atom stereocenters. The maximum atomic E-state index is 12.3.